The molecule has 3 aromatic carbocycles. The molecule has 0 fully saturated rings. The molecule has 1 heterocycles. The summed E-state index contributed by atoms with van der Waals surface area (Å²) in [7, 11) is 0. The van der Waals surface area contributed by atoms with Crippen LogP contribution in [-0.4, -0.2) is 17.5 Å². The van der Waals surface area contributed by atoms with E-state index in [2.05, 4.69) is 4.98 Å². The molecule has 0 unspecified atom stereocenters. The summed E-state index contributed by atoms with van der Waals surface area (Å²) in [5, 5.41) is 1.46. The Bertz CT molecular complexity index is 1310. The van der Waals surface area contributed by atoms with Gasteiger partial charge in [0.25, 0.3) is 11.5 Å². The number of pyridine rings is 1. The zero-order valence-electron chi connectivity index (χ0n) is 17.9. The summed E-state index contributed by atoms with van der Waals surface area (Å²) < 4.78 is 5.52. The van der Waals surface area contributed by atoms with Gasteiger partial charge >= 0.3 is 0 Å². The third kappa shape index (κ3) is 4.68. The Kier molecular flexibility index (Phi) is 6.28. The Hall–Kier alpha value is -3.57. The lowest BCUT2D eigenvalue weighted by molar-refractivity contribution is 0.0985. The van der Waals surface area contributed by atoms with E-state index < -0.39 is 0 Å². The third-order valence-electron chi connectivity index (χ3n) is 5.20. The summed E-state index contributed by atoms with van der Waals surface area (Å²) >= 11 is 5.99. The van der Waals surface area contributed by atoms with Crippen molar-refractivity contribution >= 4 is 34.1 Å². The number of nitrogens with zero attached hydrogens (tertiary/aromatic N) is 1. The number of halogens is 1. The van der Waals surface area contributed by atoms with Gasteiger partial charge in [0, 0.05) is 27.4 Å². The molecular formula is C26H23ClN2O3. The molecule has 162 valence electrons. The number of carbonyl (C=O) groups excluding carboxylic acids is 1. The first-order valence-electron chi connectivity index (χ1n) is 10.4. The minimum Gasteiger partial charge on any atom is -0.494 e. The first-order valence-corrected chi connectivity index (χ1v) is 10.8. The maximum atomic E-state index is 13.4. The zero-order valence-corrected chi connectivity index (χ0v) is 18.6. The largest absolute Gasteiger partial charge is 0.494 e. The van der Waals surface area contributed by atoms with Crippen molar-refractivity contribution in [2.24, 2.45) is 0 Å². The molecule has 0 aliphatic rings. The summed E-state index contributed by atoms with van der Waals surface area (Å²) in [6.07, 6.45) is 0. The number of hydrogen-bond acceptors (Lipinski definition) is 3. The number of aryl methyl sites for hydroxylation is 1. The lowest BCUT2D eigenvalue weighted by atomic mass is 10.1. The smallest absolute Gasteiger partial charge is 0.258 e. The van der Waals surface area contributed by atoms with Crippen LogP contribution in [0.25, 0.3) is 10.9 Å². The lowest BCUT2D eigenvalue weighted by Crippen LogP contribution is -2.32. The number of aromatic nitrogens is 1. The van der Waals surface area contributed by atoms with Crippen molar-refractivity contribution in [2.45, 2.75) is 20.4 Å². The average molecular weight is 447 g/mol. The van der Waals surface area contributed by atoms with Crippen LogP contribution in [-0.2, 0) is 6.54 Å². The highest BCUT2D eigenvalue weighted by molar-refractivity contribution is 6.30. The van der Waals surface area contributed by atoms with Crippen LogP contribution in [0, 0.1) is 6.92 Å². The summed E-state index contributed by atoms with van der Waals surface area (Å²) in [5.74, 6) is 0.489. The number of carbonyl (C=O) groups is 1. The van der Waals surface area contributed by atoms with Crippen LogP contribution in [0.2, 0.25) is 5.02 Å². The van der Waals surface area contributed by atoms with Gasteiger partial charge in [-0.05, 0) is 85.5 Å². The fourth-order valence-corrected chi connectivity index (χ4v) is 3.69. The van der Waals surface area contributed by atoms with Gasteiger partial charge in [-0.15, -0.1) is 0 Å². The lowest BCUT2D eigenvalue weighted by Gasteiger charge is -2.23. The van der Waals surface area contributed by atoms with E-state index in [0.717, 1.165) is 16.5 Å². The van der Waals surface area contributed by atoms with E-state index in [9.17, 15) is 9.59 Å². The topological polar surface area (TPSA) is 62.4 Å². The molecule has 1 aromatic heterocycles. The molecule has 1 amide bonds. The van der Waals surface area contributed by atoms with Crippen LogP contribution < -0.4 is 15.2 Å². The Balaban J connectivity index is 1.75. The van der Waals surface area contributed by atoms with Crippen molar-refractivity contribution < 1.29 is 9.53 Å². The number of anilines is 1. The van der Waals surface area contributed by atoms with Crippen LogP contribution in [0.3, 0.4) is 0 Å². The zero-order chi connectivity index (χ0) is 22.7. The molecule has 0 saturated carbocycles. The number of H-pyrrole nitrogens is 1. The second kappa shape index (κ2) is 9.28. The number of fused-ring (bicyclic) bond motifs is 1. The maximum absolute atomic E-state index is 13.4. The molecule has 0 aliphatic heterocycles. The standard InChI is InChI=1S/C26H23ClN2O3/c1-3-32-23-12-10-22(11-13-23)29(26(31)18-6-8-21(27)9-7-18)16-20-15-19-5-4-17(2)14-24(19)28-25(20)30/h4-15H,3,16H2,1-2H3,(H,28,30). The molecule has 0 bridgehead atoms. The van der Waals surface area contributed by atoms with E-state index in [1.54, 1.807) is 29.2 Å². The average Bonchev–Trinajstić information content (AvgIpc) is 2.79. The SMILES string of the molecule is CCOc1ccc(N(Cc2cc3ccc(C)cc3[nH]c2=O)C(=O)c2ccc(Cl)cc2)cc1. The van der Waals surface area contributed by atoms with Crippen molar-refractivity contribution in [3.63, 3.8) is 0 Å². The Labute approximate surface area is 191 Å². The van der Waals surface area contributed by atoms with Crippen molar-refractivity contribution in [1.82, 2.24) is 4.98 Å². The van der Waals surface area contributed by atoms with Crippen LogP contribution in [0.15, 0.2) is 77.6 Å². The normalized spacial score (nSPS) is 10.8. The first kappa shape index (κ1) is 21.7. The number of nitrogens with one attached hydrogen (secondary N) is 1. The number of rotatable bonds is 6. The Morgan fingerprint density at radius 1 is 1.00 bits per heavy atom. The van der Waals surface area contributed by atoms with Crippen molar-refractivity contribution in [2.75, 3.05) is 11.5 Å². The van der Waals surface area contributed by atoms with E-state index in [4.69, 9.17) is 16.3 Å². The summed E-state index contributed by atoms with van der Waals surface area (Å²) in [6, 6.07) is 21.7. The molecule has 5 nitrogen and oxygen atoms in total. The van der Waals surface area contributed by atoms with Crippen molar-refractivity contribution in [1.29, 1.82) is 0 Å². The highest BCUT2D eigenvalue weighted by Gasteiger charge is 2.20. The van der Waals surface area contributed by atoms with Crippen LogP contribution >= 0.6 is 11.6 Å². The molecule has 0 spiro atoms. The Morgan fingerprint density at radius 3 is 2.41 bits per heavy atom. The molecule has 4 aromatic rings. The predicted molar refractivity (Wildman–Crippen MR) is 129 cm³/mol. The molecule has 0 saturated heterocycles. The number of hydrogen-bond donors (Lipinski definition) is 1. The van der Waals surface area contributed by atoms with Gasteiger partial charge in [0.1, 0.15) is 5.75 Å². The molecule has 1 N–H and O–H groups in total. The van der Waals surface area contributed by atoms with Gasteiger partial charge in [0.15, 0.2) is 0 Å². The van der Waals surface area contributed by atoms with E-state index in [1.165, 1.54) is 0 Å². The second-order valence-corrected chi connectivity index (χ2v) is 7.98. The van der Waals surface area contributed by atoms with Gasteiger partial charge in [-0.3, -0.25) is 9.59 Å². The predicted octanol–water partition coefficient (Wildman–Crippen LogP) is 5.74. The van der Waals surface area contributed by atoms with Crippen molar-refractivity contribution in [3.05, 3.63) is 105 Å². The number of aromatic amines is 1. The van der Waals surface area contributed by atoms with Gasteiger partial charge < -0.3 is 14.6 Å². The number of ether oxygens (including phenoxy) is 1. The molecule has 32 heavy (non-hydrogen) atoms. The highest BCUT2D eigenvalue weighted by Crippen LogP contribution is 2.24. The van der Waals surface area contributed by atoms with E-state index in [0.29, 0.717) is 34.2 Å². The summed E-state index contributed by atoms with van der Waals surface area (Å²) in [4.78, 5) is 30.8. The summed E-state index contributed by atoms with van der Waals surface area (Å²) in [5.41, 5.74) is 3.26. The third-order valence-corrected chi connectivity index (χ3v) is 5.45. The van der Waals surface area contributed by atoms with E-state index in [-0.39, 0.29) is 18.0 Å². The van der Waals surface area contributed by atoms with Crippen LogP contribution in [0.1, 0.15) is 28.4 Å². The second-order valence-electron chi connectivity index (χ2n) is 7.54. The van der Waals surface area contributed by atoms with Crippen molar-refractivity contribution in [3.8, 4) is 5.75 Å². The molecule has 6 heteroatoms. The van der Waals surface area contributed by atoms with Gasteiger partial charge in [-0.2, -0.15) is 0 Å². The van der Waals surface area contributed by atoms with E-state index in [1.807, 2.05) is 62.4 Å². The number of amides is 1. The first-order chi connectivity index (χ1) is 15.4. The maximum Gasteiger partial charge on any atom is 0.258 e. The summed E-state index contributed by atoms with van der Waals surface area (Å²) in [6.45, 7) is 4.56. The Morgan fingerprint density at radius 2 is 1.72 bits per heavy atom. The fraction of sp³-hybridized carbons (Fsp3) is 0.154. The van der Waals surface area contributed by atoms with Gasteiger partial charge in [-0.25, -0.2) is 0 Å². The van der Waals surface area contributed by atoms with Crippen LogP contribution in [0.5, 0.6) is 5.75 Å². The van der Waals surface area contributed by atoms with E-state index >= 15 is 0 Å². The monoisotopic (exact) mass is 446 g/mol. The minimum atomic E-state index is -0.228. The molecule has 0 aliphatic carbocycles. The molecule has 0 atom stereocenters. The highest BCUT2D eigenvalue weighted by atomic mass is 35.5. The van der Waals surface area contributed by atoms with Gasteiger partial charge in [0.05, 0.1) is 13.2 Å². The fourth-order valence-electron chi connectivity index (χ4n) is 3.57. The minimum absolute atomic E-state index is 0.120. The van der Waals surface area contributed by atoms with Gasteiger partial charge in [0.2, 0.25) is 0 Å². The van der Waals surface area contributed by atoms with Crippen LogP contribution in [0.4, 0.5) is 5.69 Å². The van der Waals surface area contributed by atoms with Gasteiger partial charge in [-0.1, -0.05) is 23.7 Å². The quantitative estimate of drug-likeness (QED) is 0.411. The molecule has 0 radical (unpaired) electrons. The molecule has 4 rings (SSSR count). The molecular weight excluding hydrogens is 424 g/mol. The number of benzene rings is 3.